The molecule has 0 saturated carbocycles. The van der Waals surface area contributed by atoms with Gasteiger partial charge in [0.1, 0.15) is 11.5 Å². The van der Waals surface area contributed by atoms with Gasteiger partial charge in [-0.15, -0.1) is 0 Å². The van der Waals surface area contributed by atoms with E-state index >= 15 is 0 Å². The predicted octanol–water partition coefficient (Wildman–Crippen LogP) is 3.91. The Bertz CT molecular complexity index is 669. The van der Waals surface area contributed by atoms with Crippen LogP contribution >= 0.6 is 0 Å². The topological polar surface area (TPSA) is 39.7 Å². The summed E-state index contributed by atoms with van der Waals surface area (Å²) in [4.78, 5) is 0. The number of fused-ring (bicyclic) bond motifs is 1. The Kier molecular flexibility index (Phi) is 4.20. The summed E-state index contributed by atoms with van der Waals surface area (Å²) in [6.07, 6.45) is 0. The molecule has 1 aliphatic rings. The van der Waals surface area contributed by atoms with Crippen LogP contribution in [0.3, 0.4) is 0 Å². The van der Waals surface area contributed by atoms with E-state index in [2.05, 4.69) is 30.4 Å². The van der Waals surface area contributed by atoms with Crippen molar-refractivity contribution in [3.05, 3.63) is 53.1 Å². The fourth-order valence-electron chi connectivity index (χ4n) is 2.77. The van der Waals surface area contributed by atoms with Gasteiger partial charge in [-0.25, -0.2) is 0 Å². The minimum Gasteiger partial charge on any atom is -0.497 e. The third-order valence-corrected chi connectivity index (χ3v) is 4.01. The van der Waals surface area contributed by atoms with Crippen LogP contribution in [0.1, 0.15) is 29.7 Å². The van der Waals surface area contributed by atoms with E-state index in [0.29, 0.717) is 6.61 Å². The van der Waals surface area contributed by atoms with E-state index in [-0.39, 0.29) is 6.04 Å². The number of rotatable bonds is 5. The lowest BCUT2D eigenvalue weighted by atomic mass is 10.0. The maximum atomic E-state index is 5.46. The van der Waals surface area contributed by atoms with Crippen LogP contribution in [0.2, 0.25) is 0 Å². The number of hydrogen-bond acceptors (Lipinski definition) is 4. The molecule has 1 unspecified atom stereocenters. The number of nitrogens with one attached hydrogen (secondary N) is 1. The predicted molar refractivity (Wildman–Crippen MR) is 86.5 cm³/mol. The zero-order valence-electron chi connectivity index (χ0n) is 13.2. The van der Waals surface area contributed by atoms with Crippen molar-refractivity contribution in [2.24, 2.45) is 0 Å². The van der Waals surface area contributed by atoms with Gasteiger partial charge in [0.25, 0.3) is 0 Å². The molecule has 2 aromatic rings. The van der Waals surface area contributed by atoms with Gasteiger partial charge in [-0.1, -0.05) is 6.07 Å². The maximum Gasteiger partial charge on any atom is 0.124 e. The highest BCUT2D eigenvalue weighted by atomic mass is 16.5. The van der Waals surface area contributed by atoms with E-state index in [1.54, 1.807) is 14.2 Å². The first-order valence-corrected chi connectivity index (χ1v) is 7.39. The molecule has 2 aromatic carbocycles. The molecule has 1 atom stereocenters. The van der Waals surface area contributed by atoms with Crippen molar-refractivity contribution in [1.29, 1.82) is 0 Å². The number of benzene rings is 2. The van der Waals surface area contributed by atoms with Crippen LogP contribution in [0.5, 0.6) is 11.5 Å². The summed E-state index contributed by atoms with van der Waals surface area (Å²) in [5.74, 6) is 1.68. The highest BCUT2D eigenvalue weighted by Crippen LogP contribution is 2.32. The summed E-state index contributed by atoms with van der Waals surface area (Å²) >= 11 is 0. The maximum absolute atomic E-state index is 5.46. The third kappa shape index (κ3) is 2.88. The van der Waals surface area contributed by atoms with Crippen LogP contribution in [-0.4, -0.2) is 14.2 Å². The second-order valence-electron chi connectivity index (χ2n) is 5.45. The fourth-order valence-corrected chi connectivity index (χ4v) is 2.77. The van der Waals surface area contributed by atoms with Gasteiger partial charge in [0.05, 0.1) is 33.5 Å². The summed E-state index contributed by atoms with van der Waals surface area (Å²) in [6.45, 7) is 3.53. The number of hydrogen-bond donors (Lipinski definition) is 1. The molecule has 0 aliphatic carbocycles. The van der Waals surface area contributed by atoms with E-state index in [0.717, 1.165) is 29.4 Å². The van der Waals surface area contributed by atoms with Crippen LogP contribution in [0.15, 0.2) is 36.4 Å². The van der Waals surface area contributed by atoms with E-state index in [9.17, 15) is 0 Å². The summed E-state index contributed by atoms with van der Waals surface area (Å²) in [5, 5.41) is 3.52. The van der Waals surface area contributed by atoms with Crippen molar-refractivity contribution in [1.82, 2.24) is 0 Å². The average Bonchev–Trinajstić information content (AvgIpc) is 3.01. The normalized spacial score (nSPS) is 14.3. The van der Waals surface area contributed by atoms with Crippen LogP contribution < -0.4 is 14.8 Å². The zero-order valence-corrected chi connectivity index (χ0v) is 13.2. The first-order chi connectivity index (χ1) is 10.7. The monoisotopic (exact) mass is 299 g/mol. The van der Waals surface area contributed by atoms with Crippen LogP contribution in [-0.2, 0) is 18.0 Å². The molecule has 0 bridgehead atoms. The number of ether oxygens (including phenoxy) is 3. The Labute approximate surface area is 131 Å². The summed E-state index contributed by atoms with van der Waals surface area (Å²) in [7, 11) is 3.36. The van der Waals surface area contributed by atoms with Crippen molar-refractivity contribution in [3.63, 3.8) is 0 Å². The Morgan fingerprint density at radius 3 is 2.59 bits per heavy atom. The first-order valence-electron chi connectivity index (χ1n) is 7.39. The molecule has 116 valence electrons. The van der Waals surface area contributed by atoms with Gasteiger partial charge in [0.2, 0.25) is 0 Å². The molecule has 1 heterocycles. The second kappa shape index (κ2) is 6.28. The Morgan fingerprint density at radius 2 is 1.82 bits per heavy atom. The molecule has 0 spiro atoms. The van der Waals surface area contributed by atoms with Gasteiger partial charge >= 0.3 is 0 Å². The molecule has 4 heteroatoms. The molecule has 4 nitrogen and oxygen atoms in total. The van der Waals surface area contributed by atoms with Crippen molar-refractivity contribution in [2.75, 3.05) is 19.5 Å². The lowest BCUT2D eigenvalue weighted by Gasteiger charge is -2.19. The smallest absolute Gasteiger partial charge is 0.124 e. The third-order valence-electron chi connectivity index (χ3n) is 4.01. The van der Waals surface area contributed by atoms with Crippen molar-refractivity contribution < 1.29 is 14.2 Å². The summed E-state index contributed by atoms with van der Waals surface area (Å²) in [5.41, 5.74) is 4.69. The molecule has 0 aromatic heterocycles. The van der Waals surface area contributed by atoms with Crippen molar-refractivity contribution >= 4 is 5.69 Å². The molecule has 1 N–H and O–H groups in total. The average molecular weight is 299 g/mol. The van der Waals surface area contributed by atoms with E-state index in [4.69, 9.17) is 14.2 Å². The van der Waals surface area contributed by atoms with Gasteiger partial charge in [0.15, 0.2) is 0 Å². The zero-order chi connectivity index (χ0) is 15.5. The lowest BCUT2D eigenvalue weighted by Crippen LogP contribution is -2.08. The summed E-state index contributed by atoms with van der Waals surface area (Å²) < 4.78 is 16.2. The SMILES string of the molecule is COc1ccc(OC)c(C(C)Nc2ccc3c(c2)COC3)c1. The van der Waals surface area contributed by atoms with Crippen molar-refractivity contribution in [3.8, 4) is 11.5 Å². The van der Waals surface area contributed by atoms with Crippen molar-refractivity contribution in [2.45, 2.75) is 26.2 Å². The largest absolute Gasteiger partial charge is 0.497 e. The lowest BCUT2D eigenvalue weighted by molar-refractivity contribution is 0.134. The van der Waals surface area contributed by atoms with Crippen LogP contribution in [0, 0.1) is 0 Å². The molecule has 0 amide bonds. The second-order valence-corrected chi connectivity index (χ2v) is 5.45. The molecule has 3 rings (SSSR count). The Morgan fingerprint density at radius 1 is 1.00 bits per heavy atom. The highest BCUT2D eigenvalue weighted by molar-refractivity contribution is 5.52. The Hall–Kier alpha value is -2.20. The Balaban J connectivity index is 1.83. The van der Waals surface area contributed by atoms with Gasteiger partial charge in [-0.2, -0.15) is 0 Å². The quantitative estimate of drug-likeness (QED) is 0.908. The molecule has 0 radical (unpaired) electrons. The van der Waals surface area contributed by atoms with Gasteiger partial charge in [0, 0.05) is 11.3 Å². The van der Waals surface area contributed by atoms with E-state index < -0.39 is 0 Å². The molecule has 22 heavy (non-hydrogen) atoms. The minimum atomic E-state index is 0.102. The van der Waals surface area contributed by atoms with Gasteiger partial charge in [-0.3, -0.25) is 0 Å². The minimum absolute atomic E-state index is 0.102. The number of methoxy groups -OCH3 is 2. The van der Waals surface area contributed by atoms with Gasteiger partial charge in [-0.05, 0) is 48.4 Å². The fraction of sp³-hybridized carbons (Fsp3) is 0.333. The van der Waals surface area contributed by atoms with Gasteiger partial charge < -0.3 is 19.5 Å². The number of anilines is 1. The standard InChI is InChI=1S/C18H21NO3/c1-12(17-9-16(20-2)6-7-18(17)21-3)19-15-5-4-13-10-22-11-14(13)8-15/h4-9,12,19H,10-11H2,1-3H3. The molecular weight excluding hydrogens is 278 g/mol. The highest BCUT2D eigenvalue weighted by Gasteiger charge is 2.15. The first kappa shape index (κ1) is 14.7. The molecule has 1 aliphatic heterocycles. The molecule has 0 saturated heterocycles. The van der Waals surface area contributed by atoms with Crippen LogP contribution in [0.4, 0.5) is 5.69 Å². The molecule has 0 fully saturated rings. The summed E-state index contributed by atoms with van der Waals surface area (Å²) in [6, 6.07) is 12.3. The molecular formula is C18H21NO3. The van der Waals surface area contributed by atoms with E-state index in [1.807, 2.05) is 18.2 Å². The van der Waals surface area contributed by atoms with E-state index in [1.165, 1.54) is 11.1 Å². The van der Waals surface area contributed by atoms with Crippen LogP contribution in [0.25, 0.3) is 0 Å².